The van der Waals surface area contributed by atoms with Gasteiger partial charge in [0.15, 0.2) is 11.5 Å². The number of carbonyl (C=O) groups is 2. The summed E-state index contributed by atoms with van der Waals surface area (Å²) in [4.78, 5) is 24.3. The minimum absolute atomic E-state index is 0.345. The highest BCUT2D eigenvalue weighted by Gasteiger charge is 2.41. The van der Waals surface area contributed by atoms with E-state index in [-0.39, 0.29) is 5.91 Å². The summed E-state index contributed by atoms with van der Waals surface area (Å²) >= 11 is 0. The minimum Gasteiger partial charge on any atom is -0.493 e. The summed E-state index contributed by atoms with van der Waals surface area (Å²) in [7, 11) is 1.53. The van der Waals surface area contributed by atoms with E-state index in [2.05, 4.69) is 5.32 Å². The number of hydrogen-bond acceptors (Lipinski definition) is 5. The van der Waals surface area contributed by atoms with Gasteiger partial charge in [0.1, 0.15) is 5.54 Å². The summed E-state index contributed by atoms with van der Waals surface area (Å²) in [6.07, 6.45) is 3.59. The van der Waals surface area contributed by atoms with Crippen molar-refractivity contribution in [3.63, 3.8) is 0 Å². The topological polar surface area (TPSA) is 117 Å². The van der Waals surface area contributed by atoms with Crippen LogP contribution < -0.4 is 26.3 Å². The quantitative estimate of drug-likeness (QED) is 0.612. The van der Waals surface area contributed by atoms with E-state index in [4.69, 9.17) is 20.9 Å². The number of rotatable bonds is 8. The Labute approximate surface area is 141 Å². The van der Waals surface area contributed by atoms with E-state index in [1.807, 2.05) is 0 Å². The molecule has 24 heavy (non-hydrogen) atoms. The zero-order chi connectivity index (χ0) is 17.6. The average Bonchev–Trinajstić information content (AvgIpc) is 3.05. The highest BCUT2D eigenvalue weighted by molar-refractivity contribution is 5.99. The van der Waals surface area contributed by atoms with Crippen LogP contribution >= 0.6 is 0 Å². The summed E-state index contributed by atoms with van der Waals surface area (Å²) < 4.78 is 10.9. The molecule has 0 unspecified atom stereocenters. The predicted octanol–water partition coefficient (Wildman–Crippen LogP) is 0.951. The fraction of sp³-hybridized carbons (Fsp3) is 0.529. The van der Waals surface area contributed by atoms with Crippen LogP contribution in [0.15, 0.2) is 18.2 Å². The highest BCUT2D eigenvalue weighted by Crippen LogP contribution is 2.31. The van der Waals surface area contributed by atoms with E-state index < -0.39 is 11.4 Å². The van der Waals surface area contributed by atoms with Crippen LogP contribution in [0, 0.1) is 0 Å². The molecule has 0 aromatic heterocycles. The average molecular weight is 335 g/mol. The number of nitrogens with two attached hydrogens (primary N) is 2. The molecule has 0 spiro atoms. The molecule has 7 nitrogen and oxygen atoms in total. The van der Waals surface area contributed by atoms with Crippen LogP contribution in [0.5, 0.6) is 11.5 Å². The maximum atomic E-state index is 12.6. The third-order valence-electron chi connectivity index (χ3n) is 4.31. The van der Waals surface area contributed by atoms with Gasteiger partial charge in [-0.1, -0.05) is 12.8 Å². The van der Waals surface area contributed by atoms with Gasteiger partial charge in [0.25, 0.3) is 5.91 Å². The van der Waals surface area contributed by atoms with Crippen molar-refractivity contribution >= 4 is 11.8 Å². The van der Waals surface area contributed by atoms with Crippen LogP contribution in [0.25, 0.3) is 0 Å². The number of nitrogens with one attached hydrogen (secondary N) is 1. The van der Waals surface area contributed by atoms with Crippen LogP contribution in [0.3, 0.4) is 0 Å². The van der Waals surface area contributed by atoms with Gasteiger partial charge in [-0.05, 0) is 44.0 Å². The standard InChI is InChI=1S/C17H25N3O4/c1-23-13-6-5-12(11-14(13)24-10-4-9-18)15(21)20-17(16(19)22)7-2-3-8-17/h5-6,11H,2-4,7-10,18H2,1H3,(H2,19,22)(H,20,21). The molecule has 0 bridgehead atoms. The van der Waals surface area contributed by atoms with Gasteiger partial charge in [-0.2, -0.15) is 0 Å². The molecule has 1 aliphatic carbocycles. The van der Waals surface area contributed by atoms with E-state index in [1.54, 1.807) is 18.2 Å². The van der Waals surface area contributed by atoms with Crippen LogP contribution in [0.4, 0.5) is 0 Å². The summed E-state index contributed by atoms with van der Waals surface area (Å²) in [5, 5.41) is 2.81. The lowest BCUT2D eigenvalue weighted by Crippen LogP contribution is -2.55. The summed E-state index contributed by atoms with van der Waals surface area (Å²) in [5.41, 5.74) is 10.4. The number of benzene rings is 1. The molecule has 1 aromatic rings. The Hall–Kier alpha value is -2.28. The predicted molar refractivity (Wildman–Crippen MR) is 90.0 cm³/mol. The van der Waals surface area contributed by atoms with E-state index >= 15 is 0 Å². The molecular formula is C17H25N3O4. The first-order chi connectivity index (χ1) is 11.5. The molecule has 1 aromatic carbocycles. The van der Waals surface area contributed by atoms with Gasteiger partial charge < -0.3 is 26.3 Å². The molecule has 0 aliphatic heterocycles. The Morgan fingerprint density at radius 3 is 2.54 bits per heavy atom. The smallest absolute Gasteiger partial charge is 0.252 e. The first-order valence-corrected chi connectivity index (χ1v) is 8.16. The van der Waals surface area contributed by atoms with Crippen molar-refractivity contribution in [1.82, 2.24) is 5.32 Å². The van der Waals surface area contributed by atoms with Crippen LogP contribution in [0.2, 0.25) is 0 Å². The monoisotopic (exact) mass is 335 g/mol. The number of ether oxygens (including phenoxy) is 2. The molecule has 0 saturated heterocycles. The fourth-order valence-electron chi connectivity index (χ4n) is 2.90. The summed E-state index contributed by atoms with van der Waals surface area (Å²) in [6, 6.07) is 4.90. The molecule has 0 radical (unpaired) electrons. The molecule has 5 N–H and O–H groups in total. The largest absolute Gasteiger partial charge is 0.493 e. The van der Waals surface area contributed by atoms with Crippen molar-refractivity contribution in [3.05, 3.63) is 23.8 Å². The van der Waals surface area contributed by atoms with E-state index in [9.17, 15) is 9.59 Å². The van der Waals surface area contributed by atoms with Crippen LogP contribution in [0.1, 0.15) is 42.5 Å². The second-order valence-corrected chi connectivity index (χ2v) is 5.96. The zero-order valence-corrected chi connectivity index (χ0v) is 14.0. The Morgan fingerprint density at radius 2 is 1.96 bits per heavy atom. The van der Waals surface area contributed by atoms with Gasteiger partial charge in [-0.15, -0.1) is 0 Å². The van der Waals surface area contributed by atoms with Crippen molar-refractivity contribution in [1.29, 1.82) is 0 Å². The van der Waals surface area contributed by atoms with Gasteiger partial charge >= 0.3 is 0 Å². The molecule has 1 fully saturated rings. The summed E-state index contributed by atoms with van der Waals surface area (Å²) in [5.74, 6) is 0.176. The Kier molecular flexibility index (Phi) is 6.03. The second kappa shape index (κ2) is 8.01. The van der Waals surface area contributed by atoms with E-state index in [1.165, 1.54) is 7.11 Å². The van der Waals surface area contributed by atoms with Gasteiger partial charge in [0, 0.05) is 5.56 Å². The van der Waals surface area contributed by atoms with Gasteiger partial charge in [0.05, 0.1) is 13.7 Å². The van der Waals surface area contributed by atoms with Gasteiger partial charge in [0.2, 0.25) is 5.91 Å². The van der Waals surface area contributed by atoms with Crippen molar-refractivity contribution in [3.8, 4) is 11.5 Å². The molecular weight excluding hydrogens is 310 g/mol. The highest BCUT2D eigenvalue weighted by atomic mass is 16.5. The van der Waals surface area contributed by atoms with Crippen molar-refractivity contribution < 1.29 is 19.1 Å². The number of carbonyl (C=O) groups excluding carboxylic acids is 2. The SMILES string of the molecule is COc1ccc(C(=O)NC2(C(N)=O)CCCC2)cc1OCCCN. The van der Waals surface area contributed by atoms with Gasteiger partial charge in [-0.3, -0.25) is 9.59 Å². The summed E-state index contributed by atoms with van der Waals surface area (Å²) in [6.45, 7) is 0.951. The lowest BCUT2D eigenvalue weighted by atomic mass is 9.96. The van der Waals surface area contributed by atoms with E-state index in [0.29, 0.717) is 49.5 Å². The fourth-order valence-corrected chi connectivity index (χ4v) is 2.90. The third-order valence-corrected chi connectivity index (χ3v) is 4.31. The van der Waals surface area contributed by atoms with Crippen molar-refractivity contribution in [2.45, 2.75) is 37.6 Å². The molecule has 132 valence electrons. The Bertz CT molecular complexity index is 597. The number of hydrogen-bond donors (Lipinski definition) is 3. The number of amides is 2. The Balaban J connectivity index is 2.16. The molecule has 0 heterocycles. The maximum Gasteiger partial charge on any atom is 0.252 e. The molecule has 0 atom stereocenters. The van der Waals surface area contributed by atoms with Crippen LogP contribution in [-0.4, -0.2) is 37.6 Å². The number of methoxy groups -OCH3 is 1. The first kappa shape index (κ1) is 18.1. The minimum atomic E-state index is -0.947. The third kappa shape index (κ3) is 3.97. The lowest BCUT2D eigenvalue weighted by Gasteiger charge is -2.26. The molecule has 1 aliphatic rings. The van der Waals surface area contributed by atoms with Crippen molar-refractivity contribution in [2.24, 2.45) is 11.5 Å². The van der Waals surface area contributed by atoms with E-state index in [0.717, 1.165) is 12.8 Å². The maximum absolute atomic E-state index is 12.6. The molecule has 7 heteroatoms. The van der Waals surface area contributed by atoms with Gasteiger partial charge in [-0.25, -0.2) is 0 Å². The van der Waals surface area contributed by atoms with Crippen molar-refractivity contribution in [2.75, 3.05) is 20.3 Å². The molecule has 1 saturated carbocycles. The second-order valence-electron chi connectivity index (χ2n) is 5.96. The number of primary amides is 1. The lowest BCUT2D eigenvalue weighted by molar-refractivity contribution is -0.123. The first-order valence-electron chi connectivity index (χ1n) is 8.16. The zero-order valence-electron chi connectivity index (χ0n) is 14.0. The molecule has 2 rings (SSSR count). The Morgan fingerprint density at radius 1 is 1.25 bits per heavy atom. The normalized spacial score (nSPS) is 15.8. The van der Waals surface area contributed by atoms with Crippen LogP contribution in [-0.2, 0) is 4.79 Å². The molecule has 2 amide bonds.